The quantitative estimate of drug-likeness (QED) is 0.740. The average molecular weight is 349 g/mol. The molecule has 7 heteroatoms. The number of para-hydroxylation sites is 1. The highest BCUT2D eigenvalue weighted by Crippen LogP contribution is 2.11. The van der Waals surface area contributed by atoms with Crippen molar-refractivity contribution < 1.29 is 9.59 Å². The van der Waals surface area contributed by atoms with Crippen molar-refractivity contribution in [2.24, 2.45) is 0 Å². The zero-order chi connectivity index (χ0) is 18.4. The second-order valence-corrected chi connectivity index (χ2v) is 5.82. The van der Waals surface area contributed by atoms with E-state index < -0.39 is 0 Å². The SMILES string of the molecule is CN(CCn1cnnc1)C(=O)c1ccc(C(=O)Nc2ccccc2)cc1. The molecule has 7 nitrogen and oxygen atoms in total. The van der Waals surface area contributed by atoms with Gasteiger partial charge in [-0.15, -0.1) is 10.2 Å². The molecule has 0 saturated heterocycles. The van der Waals surface area contributed by atoms with Crippen LogP contribution in [-0.4, -0.2) is 45.1 Å². The molecule has 3 aromatic rings. The van der Waals surface area contributed by atoms with Gasteiger partial charge in [0.15, 0.2) is 0 Å². The van der Waals surface area contributed by atoms with Gasteiger partial charge in [0.25, 0.3) is 11.8 Å². The minimum Gasteiger partial charge on any atom is -0.340 e. The molecule has 0 aliphatic carbocycles. The molecule has 0 aliphatic rings. The predicted molar refractivity (Wildman–Crippen MR) is 97.8 cm³/mol. The lowest BCUT2D eigenvalue weighted by molar-refractivity contribution is 0.0789. The Morgan fingerprint density at radius 1 is 0.962 bits per heavy atom. The van der Waals surface area contributed by atoms with Crippen LogP contribution >= 0.6 is 0 Å². The lowest BCUT2D eigenvalue weighted by atomic mass is 10.1. The van der Waals surface area contributed by atoms with Crippen LogP contribution in [0, 0.1) is 0 Å². The third kappa shape index (κ3) is 4.32. The Hall–Kier alpha value is -3.48. The van der Waals surface area contributed by atoms with Crippen molar-refractivity contribution in [1.82, 2.24) is 19.7 Å². The van der Waals surface area contributed by atoms with Crippen molar-refractivity contribution >= 4 is 17.5 Å². The minimum atomic E-state index is -0.212. The summed E-state index contributed by atoms with van der Waals surface area (Å²) in [5, 5.41) is 10.3. The van der Waals surface area contributed by atoms with Crippen LogP contribution in [0.15, 0.2) is 67.3 Å². The second kappa shape index (κ2) is 8.06. The number of rotatable bonds is 6. The van der Waals surface area contributed by atoms with Crippen molar-refractivity contribution in [2.75, 3.05) is 18.9 Å². The largest absolute Gasteiger partial charge is 0.340 e. The number of nitrogens with zero attached hydrogens (tertiary/aromatic N) is 4. The van der Waals surface area contributed by atoms with E-state index in [4.69, 9.17) is 0 Å². The normalized spacial score (nSPS) is 10.3. The van der Waals surface area contributed by atoms with Crippen molar-refractivity contribution in [3.05, 3.63) is 78.4 Å². The first kappa shape index (κ1) is 17.3. The van der Waals surface area contributed by atoms with E-state index in [0.717, 1.165) is 5.69 Å². The number of nitrogens with one attached hydrogen (secondary N) is 1. The van der Waals surface area contributed by atoms with Crippen LogP contribution in [0.3, 0.4) is 0 Å². The molecule has 3 rings (SSSR count). The van der Waals surface area contributed by atoms with Gasteiger partial charge in [-0.05, 0) is 36.4 Å². The van der Waals surface area contributed by atoms with E-state index in [9.17, 15) is 9.59 Å². The maximum absolute atomic E-state index is 12.5. The van der Waals surface area contributed by atoms with E-state index in [1.165, 1.54) is 0 Å². The van der Waals surface area contributed by atoms with Crippen LogP contribution in [-0.2, 0) is 6.54 Å². The van der Waals surface area contributed by atoms with Gasteiger partial charge in [0.1, 0.15) is 12.7 Å². The highest BCUT2D eigenvalue weighted by Gasteiger charge is 2.13. The van der Waals surface area contributed by atoms with Gasteiger partial charge in [-0.25, -0.2) is 0 Å². The Bertz CT molecular complexity index is 861. The van der Waals surface area contributed by atoms with Gasteiger partial charge in [0, 0.05) is 37.0 Å². The average Bonchev–Trinajstić information content (AvgIpc) is 3.20. The molecule has 0 atom stereocenters. The van der Waals surface area contributed by atoms with Crippen LogP contribution in [0.25, 0.3) is 0 Å². The Labute approximate surface area is 151 Å². The van der Waals surface area contributed by atoms with E-state index in [2.05, 4.69) is 15.5 Å². The molecular weight excluding hydrogens is 330 g/mol. The number of amides is 2. The van der Waals surface area contributed by atoms with E-state index >= 15 is 0 Å². The fourth-order valence-corrected chi connectivity index (χ4v) is 2.41. The maximum atomic E-state index is 12.5. The first-order valence-corrected chi connectivity index (χ1v) is 8.18. The number of anilines is 1. The summed E-state index contributed by atoms with van der Waals surface area (Å²) >= 11 is 0. The van der Waals surface area contributed by atoms with Gasteiger partial charge in [-0.3, -0.25) is 9.59 Å². The van der Waals surface area contributed by atoms with Gasteiger partial charge in [-0.2, -0.15) is 0 Å². The number of benzene rings is 2. The third-order valence-corrected chi connectivity index (χ3v) is 3.93. The van der Waals surface area contributed by atoms with Crippen LogP contribution in [0.1, 0.15) is 20.7 Å². The number of hydrogen-bond donors (Lipinski definition) is 1. The summed E-state index contributed by atoms with van der Waals surface area (Å²) < 4.78 is 1.81. The number of likely N-dealkylation sites (N-methyl/N-ethyl adjacent to an activating group) is 1. The highest BCUT2D eigenvalue weighted by atomic mass is 16.2. The summed E-state index contributed by atoms with van der Waals surface area (Å²) in [7, 11) is 1.74. The molecule has 0 fully saturated rings. The van der Waals surface area contributed by atoms with Gasteiger partial charge in [0.05, 0.1) is 0 Å². The van der Waals surface area contributed by atoms with Gasteiger partial charge in [0.2, 0.25) is 0 Å². The van der Waals surface area contributed by atoms with E-state index in [1.54, 1.807) is 53.4 Å². The fraction of sp³-hybridized carbons (Fsp3) is 0.158. The zero-order valence-corrected chi connectivity index (χ0v) is 14.4. The molecule has 0 saturated carbocycles. The summed E-state index contributed by atoms with van der Waals surface area (Å²) in [6.07, 6.45) is 3.22. The fourth-order valence-electron chi connectivity index (χ4n) is 2.41. The molecule has 0 unspecified atom stereocenters. The minimum absolute atomic E-state index is 0.104. The summed E-state index contributed by atoms with van der Waals surface area (Å²) in [5.74, 6) is -0.316. The molecule has 2 aromatic carbocycles. The summed E-state index contributed by atoms with van der Waals surface area (Å²) in [6.45, 7) is 1.15. The molecule has 1 heterocycles. The van der Waals surface area contributed by atoms with Crippen molar-refractivity contribution in [3.8, 4) is 0 Å². The van der Waals surface area contributed by atoms with Crippen LogP contribution in [0.4, 0.5) is 5.69 Å². The monoisotopic (exact) mass is 349 g/mol. The summed E-state index contributed by atoms with van der Waals surface area (Å²) in [4.78, 5) is 26.3. The first-order valence-electron chi connectivity index (χ1n) is 8.18. The van der Waals surface area contributed by atoms with Gasteiger partial charge >= 0.3 is 0 Å². The van der Waals surface area contributed by atoms with Crippen LogP contribution < -0.4 is 5.32 Å². The van der Waals surface area contributed by atoms with E-state index in [1.807, 2.05) is 30.3 Å². The predicted octanol–water partition coefficient (Wildman–Crippen LogP) is 2.30. The van der Waals surface area contributed by atoms with Gasteiger partial charge < -0.3 is 14.8 Å². The van der Waals surface area contributed by atoms with E-state index in [-0.39, 0.29) is 11.8 Å². The third-order valence-electron chi connectivity index (χ3n) is 3.93. The van der Waals surface area contributed by atoms with E-state index in [0.29, 0.717) is 24.2 Å². The molecule has 0 spiro atoms. The van der Waals surface area contributed by atoms with Crippen LogP contribution in [0.2, 0.25) is 0 Å². The Balaban J connectivity index is 1.59. The number of carbonyl (C=O) groups excluding carboxylic acids is 2. The zero-order valence-electron chi connectivity index (χ0n) is 14.4. The molecule has 0 aliphatic heterocycles. The first-order chi connectivity index (χ1) is 12.6. The molecule has 26 heavy (non-hydrogen) atoms. The molecule has 0 bridgehead atoms. The highest BCUT2D eigenvalue weighted by molar-refractivity contribution is 6.05. The molecule has 132 valence electrons. The van der Waals surface area contributed by atoms with Crippen molar-refractivity contribution in [1.29, 1.82) is 0 Å². The summed E-state index contributed by atoms with van der Waals surface area (Å²) in [6, 6.07) is 15.9. The topological polar surface area (TPSA) is 80.1 Å². The maximum Gasteiger partial charge on any atom is 0.255 e. The number of hydrogen-bond acceptors (Lipinski definition) is 4. The van der Waals surface area contributed by atoms with Crippen molar-refractivity contribution in [2.45, 2.75) is 6.54 Å². The molecule has 0 radical (unpaired) electrons. The Morgan fingerprint density at radius 2 is 1.58 bits per heavy atom. The Kier molecular flexibility index (Phi) is 5.38. The summed E-state index contributed by atoms with van der Waals surface area (Å²) in [5.41, 5.74) is 1.76. The van der Waals surface area contributed by atoms with Crippen molar-refractivity contribution in [3.63, 3.8) is 0 Å². The second-order valence-electron chi connectivity index (χ2n) is 5.82. The van der Waals surface area contributed by atoms with Gasteiger partial charge in [-0.1, -0.05) is 18.2 Å². The van der Waals surface area contributed by atoms with Crippen LogP contribution in [0.5, 0.6) is 0 Å². The lowest BCUT2D eigenvalue weighted by Gasteiger charge is -2.17. The lowest BCUT2D eigenvalue weighted by Crippen LogP contribution is -2.30. The molecule has 1 N–H and O–H groups in total. The Morgan fingerprint density at radius 3 is 2.23 bits per heavy atom. The number of aromatic nitrogens is 3. The molecule has 2 amide bonds. The standard InChI is InChI=1S/C19H19N5O2/c1-23(11-12-24-13-20-21-14-24)19(26)16-9-7-15(8-10-16)18(25)22-17-5-3-2-4-6-17/h2-10,13-14H,11-12H2,1H3,(H,22,25). The molecular formula is C19H19N5O2. The molecule has 1 aromatic heterocycles. The number of carbonyl (C=O) groups is 2. The smallest absolute Gasteiger partial charge is 0.255 e.